The van der Waals surface area contributed by atoms with Crippen LogP contribution >= 0.6 is 0 Å². The number of imidazole rings is 1. The quantitative estimate of drug-likeness (QED) is 0.359. The molecule has 1 amide bonds. The number of nitrogens with two attached hydrogens (primary N) is 1. The van der Waals surface area contributed by atoms with Gasteiger partial charge in [0.2, 0.25) is 5.91 Å². The van der Waals surface area contributed by atoms with E-state index in [1.807, 2.05) is 12.3 Å². The summed E-state index contributed by atoms with van der Waals surface area (Å²) in [4.78, 5) is 22.5. The smallest absolute Gasteiger partial charge is 0.222 e. The van der Waals surface area contributed by atoms with Crippen molar-refractivity contribution in [3.63, 3.8) is 0 Å². The summed E-state index contributed by atoms with van der Waals surface area (Å²) in [5, 5.41) is 4.59. The van der Waals surface area contributed by atoms with Crippen LogP contribution in [-0.4, -0.2) is 43.0 Å². The lowest BCUT2D eigenvalue weighted by molar-refractivity contribution is -0.128. The molecule has 39 heavy (non-hydrogen) atoms. The number of allylic oxidation sites excluding steroid dienone is 1. The molecule has 4 heterocycles. The van der Waals surface area contributed by atoms with Crippen molar-refractivity contribution < 1.29 is 13.6 Å². The number of fused-ring (bicyclic) bond motifs is 1. The van der Waals surface area contributed by atoms with Crippen molar-refractivity contribution in [3.8, 4) is 11.3 Å². The van der Waals surface area contributed by atoms with Gasteiger partial charge in [-0.25, -0.2) is 18.3 Å². The molecular formula is C30H30F2N6O. The van der Waals surface area contributed by atoms with Gasteiger partial charge in [0, 0.05) is 44.4 Å². The van der Waals surface area contributed by atoms with E-state index in [1.54, 1.807) is 33.9 Å². The summed E-state index contributed by atoms with van der Waals surface area (Å²) in [5.41, 5.74) is 10.9. The van der Waals surface area contributed by atoms with Crippen molar-refractivity contribution in [1.82, 2.24) is 24.5 Å². The van der Waals surface area contributed by atoms with E-state index in [1.165, 1.54) is 23.3 Å². The van der Waals surface area contributed by atoms with Gasteiger partial charge in [-0.1, -0.05) is 11.6 Å². The molecule has 0 bridgehead atoms. The largest absolute Gasteiger partial charge is 0.338 e. The lowest BCUT2D eigenvalue weighted by Gasteiger charge is -2.27. The summed E-state index contributed by atoms with van der Waals surface area (Å²) in [6.45, 7) is 2.91. The van der Waals surface area contributed by atoms with Gasteiger partial charge in [-0.3, -0.25) is 9.78 Å². The molecule has 7 nitrogen and oxygen atoms in total. The molecule has 4 aromatic rings. The Morgan fingerprint density at radius 2 is 1.95 bits per heavy atom. The number of nitrogens with zero attached hydrogens (tertiary/aromatic N) is 5. The third-order valence-corrected chi connectivity index (χ3v) is 7.71. The van der Waals surface area contributed by atoms with Gasteiger partial charge < -0.3 is 10.6 Å². The van der Waals surface area contributed by atoms with Crippen LogP contribution in [0.4, 0.5) is 8.78 Å². The minimum Gasteiger partial charge on any atom is -0.338 e. The van der Waals surface area contributed by atoms with Gasteiger partial charge >= 0.3 is 0 Å². The van der Waals surface area contributed by atoms with Crippen LogP contribution in [0, 0.1) is 11.6 Å². The van der Waals surface area contributed by atoms with E-state index >= 15 is 8.78 Å². The molecule has 3 aromatic heterocycles. The molecule has 0 saturated carbocycles. The third kappa shape index (κ3) is 5.06. The summed E-state index contributed by atoms with van der Waals surface area (Å²) in [7, 11) is 0. The Labute approximate surface area is 225 Å². The SMILES string of the molecule is CC1=C[C@H](N)C[C@H](c2ccncc2Cc2ncc3ccc(-c4c(F)cc(CN5CCCC5=O)cc4F)nn23)C1. The van der Waals surface area contributed by atoms with E-state index in [-0.39, 0.29) is 35.7 Å². The Bertz CT molecular complexity index is 1570. The Hall–Kier alpha value is -3.98. The molecule has 1 saturated heterocycles. The van der Waals surface area contributed by atoms with Crippen molar-refractivity contribution in [3.05, 3.63) is 94.7 Å². The highest BCUT2D eigenvalue weighted by molar-refractivity contribution is 5.78. The predicted octanol–water partition coefficient (Wildman–Crippen LogP) is 4.93. The minimum absolute atomic E-state index is 0.00866. The highest BCUT2D eigenvalue weighted by Crippen LogP contribution is 2.34. The molecular weight excluding hydrogens is 498 g/mol. The molecule has 0 spiro atoms. The second-order valence-corrected chi connectivity index (χ2v) is 10.6. The number of pyridine rings is 1. The molecule has 1 aliphatic heterocycles. The highest BCUT2D eigenvalue weighted by atomic mass is 19.1. The number of carbonyl (C=O) groups is 1. The first kappa shape index (κ1) is 25.3. The average Bonchev–Trinajstić information content (AvgIpc) is 3.49. The van der Waals surface area contributed by atoms with Gasteiger partial charge in [0.15, 0.2) is 0 Å². The van der Waals surface area contributed by atoms with E-state index in [2.05, 4.69) is 28.1 Å². The molecule has 0 radical (unpaired) electrons. The second-order valence-electron chi connectivity index (χ2n) is 10.6. The van der Waals surface area contributed by atoms with Crippen LogP contribution in [0.2, 0.25) is 0 Å². The molecule has 2 N–H and O–H groups in total. The van der Waals surface area contributed by atoms with Crippen molar-refractivity contribution in [2.24, 2.45) is 5.73 Å². The number of carbonyl (C=O) groups excluding carboxylic acids is 1. The number of aromatic nitrogens is 4. The van der Waals surface area contributed by atoms with Gasteiger partial charge in [0.1, 0.15) is 17.5 Å². The topological polar surface area (TPSA) is 89.4 Å². The fourth-order valence-corrected chi connectivity index (χ4v) is 5.93. The van der Waals surface area contributed by atoms with Crippen LogP contribution in [-0.2, 0) is 17.8 Å². The number of benzene rings is 1. The second kappa shape index (κ2) is 10.3. The van der Waals surface area contributed by atoms with Crippen LogP contribution in [0.15, 0.2) is 60.6 Å². The number of hydrogen-bond donors (Lipinski definition) is 1. The molecule has 1 fully saturated rings. The van der Waals surface area contributed by atoms with Crippen LogP contribution in [0.3, 0.4) is 0 Å². The lowest BCUT2D eigenvalue weighted by atomic mass is 9.80. The molecule has 2 atom stereocenters. The van der Waals surface area contributed by atoms with Crippen molar-refractivity contribution >= 4 is 11.4 Å². The van der Waals surface area contributed by atoms with Crippen LogP contribution < -0.4 is 5.73 Å². The Morgan fingerprint density at radius 3 is 2.69 bits per heavy atom. The summed E-state index contributed by atoms with van der Waals surface area (Å²) in [5.74, 6) is -0.475. The molecule has 6 rings (SSSR count). The standard InChI is InChI=1S/C30H30F2N6O/c1-18-9-20(13-22(33)10-18)24-6-7-34-15-21(24)14-28-35-16-23-4-5-27(36-38(23)28)30-25(31)11-19(12-26(30)32)17-37-8-2-3-29(37)39/h4-7,10-12,15-16,20,22H,2-3,8-9,13-14,17,33H2,1H3/t20-,22+/m1/s1. The van der Waals surface area contributed by atoms with E-state index in [0.29, 0.717) is 30.8 Å². The van der Waals surface area contributed by atoms with Gasteiger partial charge in [-0.15, -0.1) is 0 Å². The lowest BCUT2D eigenvalue weighted by Crippen LogP contribution is -2.25. The maximum atomic E-state index is 15.2. The maximum Gasteiger partial charge on any atom is 0.222 e. The van der Waals surface area contributed by atoms with E-state index in [9.17, 15) is 4.79 Å². The van der Waals surface area contributed by atoms with Crippen LogP contribution in [0.5, 0.6) is 0 Å². The van der Waals surface area contributed by atoms with Crippen molar-refractivity contribution in [2.45, 2.75) is 57.5 Å². The molecule has 0 unspecified atom stereocenters. The third-order valence-electron chi connectivity index (χ3n) is 7.71. The molecule has 200 valence electrons. The number of hydrogen-bond acceptors (Lipinski definition) is 5. The summed E-state index contributed by atoms with van der Waals surface area (Å²) >= 11 is 0. The van der Waals surface area contributed by atoms with Crippen LogP contribution in [0.1, 0.15) is 61.0 Å². The zero-order valence-corrected chi connectivity index (χ0v) is 21.8. The van der Waals surface area contributed by atoms with E-state index < -0.39 is 11.6 Å². The monoisotopic (exact) mass is 528 g/mol. The number of likely N-dealkylation sites (tertiary alicyclic amines) is 1. The van der Waals surface area contributed by atoms with Gasteiger partial charge in [0.05, 0.1) is 23.0 Å². The fraction of sp³-hybridized carbons (Fsp3) is 0.333. The molecule has 1 aromatic carbocycles. The molecule has 9 heteroatoms. The van der Waals surface area contributed by atoms with Crippen molar-refractivity contribution in [1.29, 1.82) is 0 Å². The first-order valence-corrected chi connectivity index (χ1v) is 13.3. The van der Waals surface area contributed by atoms with Crippen molar-refractivity contribution in [2.75, 3.05) is 6.54 Å². The Balaban J connectivity index is 1.31. The number of amides is 1. The minimum atomic E-state index is -0.711. The molecule has 1 aliphatic carbocycles. The fourth-order valence-electron chi connectivity index (χ4n) is 5.93. The average molecular weight is 529 g/mol. The molecule has 2 aliphatic rings. The van der Waals surface area contributed by atoms with E-state index in [0.717, 1.165) is 30.3 Å². The number of rotatable bonds is 6. The zero-order chi connectivity index (χ0) is 27.1. The maximum absolute atomic E-state index is 15.2. The highest BCUT2D eigenvalue weighted by Gasteiger charge is 2.24. The summed E-state index contributed by atoms with van der Waals surface area (Å²) < 4.78 is 32.1. The Morgan fingerprint density at radius 1 is 1.13 bits per heavy atom. The summed E-state index contributed by atoms with van der Waals surface area (Å²) in [6.07, 6.45) is 11.0. The zero-order valence-electron chi connectivity index (χ0n) is 21.8. The predicted molar refractivity (Wildman–Crippen MR) is 144 cm³/mol. The van der Waals surface area contributed by atoms with Gasteiger partial charge in [0.25, 0.3) is 0 Å². The first-order valence-electron chi connectivity index (χ1n) is 13.3. The van der Waals surface area contributed by atoms with E-state index in [4.69, 9.17) is 5.73 Å². The summed E-state index contributed by atoms with van der Waals surface area (Å²) in [6, 6.07) is 8.00. The van der Waals surface area contributed by atoms with Crippen LogP contribution in [0.25, 0.3) is 16.8 Å². The first-order chi connectivity index (χ1) is 18.9. The normalized spacial score (nSPS) is 19.6. The Kier molecular flexibility index (Phi) is 6.68. The van der Waals surface area contributed by atoms with Gasteiger partial charge in [-0.2, -0.15) is 5.10 Å². The van der Waals surface area contributed by atoms with Gasteiger partial charge in [-0.05, 0) is 79.1 Å². The number of halogens is 2.